The summed E-state index contributed by atoms with van der Waals surface area (Å²) in [5.41, 5.74) is 11.8. The van der Waals surface area contributed by atoms with Gasteiger partial charge in [-0.1, -0.05) is 188 Å². The van der Waals surface area contributed by atoms with Crippen molar-refractivity contribution in [2.75, 3.05) is 0 Å². The summed E-state index contributed by atoms with van der Waals surface area (Å²) >= 11 is 0. The van der Waals surface area contributed by atoms with Crippen molar-refractivity contribution in [1.82, 2.24) is 19.9 Å². The molecule has 0 aliphatic rings. The summed E-state index contributed by atoms with van der Waals surface area (Å²) in [5, 5.41) is 7.92. The van der Waals surface area contributed by atoms with Gasteiger partial charge in [0.15, 0.2) is 5.82 Å². The zero-order valence-electron chi connectivity index (χ0n) is 31.4. The van der Waals surface area contributed by atoms with Crippen LogP contribution in [0.15, 0.2) is 206 Å². The molecule has 0 amide bonds. The highest BCUT2D eigenvalue weighted by Crippen LogP contribution is 2.41. The van der Waals surface area contributed by atoms with E-state index >= 15 is 0 Å². The van der Waals surface area contributed by atoms with Gasteiger partial charge in [-0.3, -0.25) is 4.98 Å². The molecule has 0 aliphatic heterocycles. The molecular weight excluding hydrogens is 705 g/mol. The molecule has 0 fully saturated rings. The molecule has 0 bridgehead atoms. The van der Waals surface area contributed by atoms with Gasteiger partial charge >= 0.3 is 0 Å². The van der Waals surface area contributed by atoms with E-state index in [9.17, 15) is 0 Å². The molecule has 0 N–H and O–H groups in total. The molecule has 4 heteroatoms. The highest BCUT2D eigenvalue weighted by atomic mass is 14.9. The van der Waals surface area contributed by atoms with Gasteiger partial charge in [0.05, 0.1) is 28.3 Å². The Bertz CT molecular complexity index is 3190. The molecule has 0 atom stereocenters. The lowest BCUT2D eigenvalue weighted by Gasteiger charge is -2.16. The summed E-state index contributed by atoms with van der Waals surface area (Å²) in [7, 11) is 0. The van der Waals surface area contributed by atoms with Crippen LogP contribution in [0, 0.1) is 0 Å². The first-order valence-electron chi connectivity index (χ1n) is 19.5. The average Bonchev–Trinajstić information content (AvgIpc) is 3.31. The number of hydrogen-bond donors (Lipinski definition) is 0. The molecule has 11 aromatic rings. The van der Waals surface area contributed by atoms with E-state index in [0.717, 1.165) is 77.7 Å². The van der Waals surface area contributed by atoms with Crippen LogP contribution in [-0.2, 0) is 0 Å². The van der Waals surface area contributed by atoms with E-state index in [1.54, 1.807) is 0 Å². The van der Waals surface area contributed by atoms with Crippen LogP contribution in [0.1, 0.15) is 0 Å². The van der Waals surface area contributed by atoms with Crippen molar-refractivity contribution in [3.05, 3.63) is 206 Å². The van der Waals surface area contributed by atoms with E-state index in [1.165, 1.54) is 27.3 Å². The fourth-order valence-electron chi connectivity index (χ4n) is 8.26. The Hall–Kier alpha value is -7.82. The van der Waals surface area contributed by atoms with Crippen LogP contribution in [0.5, 0.6) is 0 Å². The minimum absolute atomic E-state index is 0.642. The molecule has 0 aliphatic carbocycles. The summed E-state index contributed by atoms with van der Waals surface area (Å²) < 4.78 is 0. The molecule has 58 heavy (non-hydrogen) atoms. The summed E-state index contributed by atoms with van der Waals surface area (Å²) in [5.74, 6) is 0.642. The average molecular weight is 739 g/mol. The molecule has 4 nitrogen and oxygen atoms in total. The van der Waals surface area contributed by atoms with E-state index in [4.69, 9.17) is 19.9 Å². The van der Waals surface area contributed by atoms with Crippen LogP contribution < -0.4 is 0 Å². The Labute approximate surface area is 335 Å². The zero-order valence-corrected chi connectivity index (χ0v) is 31.4. The summed E-state index contributed by atoms with van der Waals surface area (Å²) in [6, 6.07) is 70.0. The Morgan fingerprint density at radius 1 is 0.310 bits per heavy atom. The predicted octanol–water partition coefficient (Wildman–Crippen LogP) is 13.9. The van der Waals surface area contributed by atoms with Gasteiger partial charge in [0.2, 0.25) is 0 Å². The van der Waals surface area contributed by atoms with Crippen molar-refractivity contribution in [3.63, 3.8) is 0 Å². The smallest absolute Gasteiger partial charge is 0.160 e. The van der Waals surface area contributed by atoms with Crippen LogP contribution in [-0.4, -0.2) is 19.9 Å². The maximum atomic E-state index is 5.33. The van der Waals surface area contributed by atoms with E-state index in [-0.39, 0.29) is 0 Å². The quantitative estimate of drug-likeness (QED) is 0.159. The summed E-state index contributed by atoms with van der Waals surface area (Å²) in [6.07, 6.45) is 1.98. The van der Waals surface area contributed by atoms with Crippen LogP contribution in [0.3, 0.4) is 0 Å². The number of hydrogen-bond acceptors (Lipinski definition) is 4. The first-order valence-corrected chi connectivity index (χ1v) is 19.5. The van der Waals surface area contributed by atoms with Crippen molar-refractivity contribution >= 4 is 43.2 Å². The molecule has 3 heterocycles. The van der Waals surface area contributed by atoms with Crippen molar-refractivity contribution in [2.24, 2.45) is 0 Å². The van der Waals surface area contributed by atoms with Crippen LogP contribution in [0.25, 0.3) is 111 Å². The molecular formula is C54H34N4. The first-order chi connectivity index (χ1) is 28.7. The van der Waals surface area contributed by atoms with E-state index in [1.807, 2.05) is 18.3 Å². The number of pyridine rings is 2. The first kappa shape index (κ1) is 33.5. The Morgan fingerprint density at radius 2 is 0.845 bits per heavy atom. The normalized spacial score (nSPS) is 11.4. The topological polar surface area (TPSA) is 51.6 Å². The molecule has 270 valence electrons. The minimum atomic E-state index is 0.642. The van der Waals surface area contributed by atoms with Gasteiger partial charge in [0, 0.05) is 44.4 Å². The van der Waals surface area contributed by atoms with Crippen molar-refractivity contribution in [1.29, 1.82) is 0 Å². The third-order valence-corrected chi connectivity index (χ3v) is 11.1. The monoisotopic (exact) mass is 738 g/mol. The molecule has 0 radical (unpaired) electrons. The van der Waals surface area contributed by atoms with Crippen molar-refractivity contribution in [3.8, 4) is 67.5 Å². The molecule has 3 aromatic heterocycles. The summed E-state index contributed by atoms with van der Waals surface area (Å²) in [6.45, 7) is 0. The summed E-state index contributed by atoms with van der Waals surface area (Å²) in [4.78, 5) is 21.0. The third kappa shape index (κ3) is 5.87. The number of aromatic nitrogens is 4. The fraction of sp³-hybridized carbons (Fsp3) is 0. The molecule has 8 aromatic carbocycles. The fourth-order valence-corrected chi connectivity index (χ4v) is 8.26. The maximum absolute atomic E-state index is 5.33. The molecule has 0 unspecified atom stereocenters. The highest BCUT2D eigenvalue weighted by Gasteiger charge is 2.19. The Balaban J connectivity index is 1.10. The van der Waals surface area contributed by atoms with Gasteiger partial charge < -0.3 is 0 Å². The van der Waals surface area contributed by atoms with Crippen molar-refractivity contribution < 1.29 is 0 Å². The second-order valence-corrected chi connectivity index (χ2v) is 14.6. The number of fused-ring (bicyclic) bond motifs is 6. The van der Waals surface area contributed by atoms with Gasteiger partial charge in [-0.15, -0.1) is 0 Å². The lowest BCUT2D eigenvalue weighted by molar-refractivity contribution is 1.17. The number of para-hydroxylation sites is 1. The number of benzene rings is 8. The number of rotatable bonds is 6. The molecule has 0 saturated heterocycles. The number of nitrogens with zero attached hydrogens (tertiary/aromatic N) is 4. The second-order valence-electron chi connectivity index (χ2n) is 14.6. The largest absolute Gasteiger partial charge is 0.253 e. The molecule has 11 rings (SSSR count). The van der Waals surface area contributed by atoms with Gasteiger partial charge in [-0.2, -0.15) is 0 Å². The van der Waals surface area contributed by atoms with Gasteiger partial charge in [-0.05, 0) is 50.5 Å². The van der Waals surface area contributed by atoms with E-state index < -0.39 is 0 Å². The maximum Gasteiger partial charge on any atom is 0.160 e. The zero-order chi connectivity index (χ0) is 38.4. The highest BCUT2D eigenvalue weighted by molar-refractivity contribution is 6.23. The Morgan fingerprint density at radius 3 is 1.55 bits per heavy atom. The van der Waals surface area contributed by atoms with E-state index in [0.29, 0.717) is 5.82 Å². The van der Waals surface area contributed by atoms with Gasteiger partial charge in [0.1, 0.15) is 0 Å². The van der Waals surface area contributed by atoms with Crippen LogP contribution in [0.2, 0.25) is 0 Å². The SMILES string of the molecule is c1ccc(-c2ccc(-c3cc(-c4ncc(-c5nc6ccccc6c6c5ccc5ccccc56)c5ccccc45)nc(-c4ccc(-c5ccccc5)cc4)n3)cc2)cc1. The van der Waals surface area contributed by atoms with E-state index in [2.05, 4.69) is 188 Å². The lowest BCUT2D eigenvalue weighted by atomic mass is 9.93. The standard InChI is InChI=1S/C54H34N4/c1-3-13-35(14-4-1)37-23-27-40(28-24-37)49-33-50(58-54(57-49)41-29-25-38(26-30-41)36-15-5-2-6-16-36)53-44-20-10-9-19-43(44)47(34-55-53)52-46-32-31-39-17-7-8-18-42(39)51(46)45-21-11-12-22-48(45)56-52/h1-34H. The van der Waals surface area contributed by atoms with Gasteiger partial charge in [-0.25, -0.2) is 15.0 Å². The molecule has 0 spiro atoms. The lowest BCUT2D eigenvalue weighted by Crippen LogP contribution is -1.99. The van der Waals surface area contributed by atoms with Crippen LogP contribution in [0.4, 0.5) is 0 Å². The van der Waals surface area contributed by atoms with Gasteiger partial charge in [0.25, 0.3) is 0 Å². The minimum Gasteiger partial charge on any atom is -0.253 e. The van der Waals surface area contributed by atoms with Crippen molar-refractivity contribution in [2.45, 2.75) is 0 Å². The predicted molar refractivity (Wildman–Crippen MR) is 240 cm³/mol. The third-order valence-electron chi connectivity index (χ3n) is 11.1. The van der Waals surface area contributed by atoms with Crippen LogP contribution >= 0.6 is 0 Å². The second kappa shape index (κ2) is 14.0. The molecule has 0 saturated carbocycles. The Kier molecular flexibility index (Phi) is 8.11.